The van der Waals surface area contributed by atoms with Crippen molar-refractivity contribution in [2.24, 2.45) is 0 Å². The second-order valence-corrected chi connectivity index (χ2v) is 6.36. The van der Waals surface area contributed by atoms with E-state index >= 15 is 0 Å². The molecule has 2 aromatic rings. The average Bonchev–Trinajstić information content (AvgIpc) is 3.04. The standard InChI is InChI=1S/C19H25N3O4/c1-4-22-15-9-8-12(10-13(15)18(21-22)19(23)24)20-11-14-16(25-2)6-5-7-17(14)26-3/h5-7,12,20H,4,8-11H2,1-3H3,(H,23,24)/t12-/m1/s1. The zero-order valence-electron chi connectivity index (χ0n) is 15.4. The van der Waals surface area contributed by atoms with Gasteiger partial charge in [0.1, 0.15) is 11.5 Å². The van der Waals surface area contributed by atoms with E-state index in [1.54, 1.807) is 14.2 Å². The molecule has 0 saturated carbocycles. The van der Waals surface area contributed by atoms with Crippen LogP contribution in [0.5, 0.6) is 11.5 Å². The number of aromatic nitrogens is 2. The van der Waals surface area contributed by atoms with Gasteiger partial charge in [-0.25, -0.2) is 4.79 Å². The van der Waals surface area contributed by atoms with Gasteiger partial charge in [0.15, 0.2) is 5.69 Å². The van der Waals surface area contributed by atoms with Crippen LogP contribution in [0.3, 0.4) is 0 Å². The summed E-state index contributed by atoms with van der Waals surface area (Å²) in [5.41, 5.74) is 3.06. The number of ether oxygens (including phenoxy) is 2. The SMILES string of the molecule is CCn1nc(C(=O)O)c2c1CC[C@@H](NCc1c(OC)cccc1OC)C2. The molecule has 2 N–H and O–H groups in total. The fraction of sp³-hybridized carbons (Fsp3) is 0.474. The zero-order chi connectivity index (χ0) is 18.7. The van der Waals surface area contributed by atoms with Gasteiger partial charge in [-0.15, -0.1) is 0 Å². The van der Waals surface area contributed by atoms with Crippen LogP contribution in [0.25, 0.3) is 0 Å². The summed E-state index contributed by atoms with van der Waals surface area (Å²) in [6.45, 7) is 3.26. The summed E-state index contributed by atoms with van der Waals surface area (Å²) in [7, 11) is 3.28. The Balaban J connectivity index is 1.77. The van der Waals surface area contributed by atoms with Crippen LogP contribution in [0, 0.1) is 0 Å². The van der Waals surface area contributed by atoms with Crippen molar-refractivity contribution in [2.75, 3.05) is 14.2 Å². The lowest BCUT2D eigenvalue weighted by Crippen LogP contribution is -2.35. The number of benzene rings is 1. The predicted octanol–water partition coefficient (Wildman–Crippen LogP) is 2.27. The van der Waals surface area contributed by atoms with Crippen LogP contribution in [0.15, 0.2) is 18.2 Å². The fourth-order valence-corrected chi connectivity index (χ4v) is 3.64. The molecule has 1 aromatic heterocycles. The first kappa shape index (κ1) is 18.3. The van der Waals surface area contributed by atoms with Crippen molar-refractivity contribution in [1.29, 1.82) is 0 Å². The second-order valence-electron chi connectivity index (χ2n) is 6.36. The maximum Gasteiger partial charge on any atom is 0.356 e. The van der Waals surface area contributed by atoms with Crippen molar-refractivity contribution in [1.82, 2.24) is 15.1 Å². The third-order valence-corrected chi connectivity index (χ3v) is 4.95. The van der Waals surface area contributed by atoms with Crippen LogP contribution in [0.4, 0.5) is 0 Å². The molecule has 0 fully saturated rings. The van der Waals surface area contributed by atoms with Crippen molar-refractivity contribution in [3.05, 3.63) is 40.7 Å². The molecule has 1 aromatic carbocycles. The Morgan fingerprint density at radius 3 is 2.62 bits per heavy atom. The molecule has 7 heteroatoms. The van der Waals surface area contributed by atoms with Crippen LogP contribution in [-0.2, 0) is 25.9 Å². The smallest absolute Gasteiger partial charge is 0.356 e. The highest BCUT2D eigenvalue weighted by Gasteiger charge is 2.28. The molecule has 1 aliphatic carbocycles. The number of carboxylic acid groups (broad SMARTS) is 1. The third-order valence-electron chi connectivity index (χ3n) is 4.95. The molecule has 0 unspecified atom stereocenters. The van der Waals surface area contributed by atoms with Crippen LogP contribution < -0.4 is 14.8 Å². The lowest BCUT2D eigenvalue weighted by atomic mass is 9.91. The molecule has 1 heterocycles. The minimum Gasteiger partial charge on any atom is -0.496 e. The molecule has 3 rings (SSSR count). The minimum absolute atomic E-state index is 0.184. The maximum absolute atomic E-state index is 11.5. The summed E-state index contributed by atoms with van der Waals surface area (Å²) in [4.78, 5) is 11.5. The first-order valence-corrected chi connectivity index (χ1v) is 8.84. The van der Waals surface area contributed by atoms with Crippen LogP contribution in [0.1, 0.15) is 40.7 Å². The summed E-state index contributed by atoms with van der Waals surface area (Å²) < 4.78 is 12.7. The number of aryl methyl sites for hydroxylation is 1. The third kappa shape index (κ3) is 3.39. The summed E-state index contributed by atoms with van der Waals surface area (Å²) in [5, 5.41) is 17.2. The largest absolute Gasteiger partial charge is 0.496 e. The first-order valence-electron chi connectivity index (χ1n) is 8.84. The Morgan fingerprint density at radius 1 is 1.35 bits per heavy atom. The highest BCUT2D eigenvalue weighted by Crippen LogP contribution is 2.29. The van der Waals surface area contributed by atoms with Gasteiger partial charge in [0.2, 0.25) is 0 Å². The molecule has 140 valence electrons. The van der Waals surface area contributed by atoms with Gasteiger partial charge in [-0.1, -0.05) is 6.07 Å². The van der Waals surface area contributed by atoms with Gasteiger partial charge in [-0.2, -0.15) is 5.10 Å². The van der Waals surface area contributed by atoms with Gasteiger partial charge >= 0.3 is 5.97 Å². The summed E-state index contributed by atoms with van der Waals surface area (Å²) in [5.74, 6) is 0.595. The Bertz CT molecular complexity index is 778. The topological polar surface area (TPSA) is 85.6 Å². The van der Waals surface area contributed by atoms with Gasteiger partial charge in [-0.05, 0) is 38.3 Å². The molecule has 1 atom stereocenters. The van der Waals surface area contributed by atoms with E-state index in [0.29, 0.717) is 19.5 Å². The van der Waals surface area contributed by atoms with E-state index in [1.165, 1.54) is 0 Å². The molecular formula is C19H25N3O4. The molecule has 0 saturated heterocycles. The number of aromatic carboxylic acids is 1. The fourth-order valence-electron chi connectivity index (χ4n) is 3.64. The highest BCUT2D eigenvalue weighted by molar-refractivity contribution is 5.87. The number of hydrogen-bond donors (Lipinski definition) is 2. The number of carboxylic acids is 1. The van der Waals surface area contributed by atoms with E-state index in [2.05, 4.69) is 10.4 Å². The summed E-state index contributed by atoms with van der Waals surface area (Å²) >= 11 is 0. The molecule has 26 heavy (non-hydrogen) atoms. The van der Waals surface area contributed by atoms with E-state index in [9.17, 15) is 9.90 Å². The number of methoxy groups -OCH3 is 2. The number of rotatable bonds is 7. The highest BCUT2D eigenvalue weighted by atomic mass is 16.5. The first-order chi connectivity index (χ1) is 12.6. The second kappa shape index (κ2) is 7.78. The van der Waals surface area contributed by atoms with Crippen LogP contribution >= 0.6 is 0 Å². The van der Waals surface area contributed by atoms with E-state index in [-0.39, 0.29) is 11.7 Å². The van der Waals surface area contributed by atoms with Crippen LogP contribution in [0.2, 0.25) is 0 Å². The lowest BCUT2D eigenvalue weighted by Gasteiger charge is -2.25. The summed E-state index contributed by atoms with van der Waals surface area (Å²) in [6.07, 6.45) is 2.42. The Morgan fingerprint density at radius 2 is 2.04 bits per heavy atom. The molecule has 0 radical (unpaired) electrons. The molecule has 0 spiro atoms. The van der Waals surface area contributed by atoms with Gasteiger partial charge < -0.3 is 19.9 Å². The van der Waals surface area contributed by atoms with Crippen molar-refractivity contribution < 1.29 is 19.4 Å². The lowest BCUT2D eigenvalue weighted by molar-refractivity contribution is 0.0688. The van der Waals surface area contributed by atoms with Gasteiger partial charge in [0, 0.05) is 36.0 Å². The van der Waals surface area contributed by atoms with Crippen molar-refractivity contribution in [3.8, 4) is 11.5 Å². The van der Waals surface area contributed by atoms with Gasteiger partial charge in [0.05, 0.1) is 14.2 Å². The predicted molar refractivity (Wildman–Crippen MR) is 97.1 cm³/mol. The number of fused-ring (bicyclic) bond motifs is 1. The zero-order valence-corrected chi connectivity index (χ0v) is 15.4. The molecule has 7 nitrogen and oxygen atoms in total. The molecule has 0 amide bonds. The van der Waals surface area contributed by atoms with Crippen LogP contribution in [-0.4, -0.2) is 41.1 Å². The number of hydrogen-bond acceptors (Lipinski definition) is 5. The van der Waals surface area contributed by atoms with Crippen molar-refractivity contribution in [2.45, 2.75) is 45.3 Å². The number of nitrogens with one attached hydrogen (secondary N) is 1. The Labute approximate surface area is 152 Å². The van der Waals surface area contributed by atoms with Gasteiger partial charge in [0.25, 0.3) is 0 Å². The van der Waals surface area contributed by atoms with Crippen molar-refractivity contribution in [3.63, 3.8) is 0 Å². The Kier molecular flexibility index (Phi) is 5.46. The minimum atomic E-state index is -0.958. The average molecular weight is 359 g/mol. The Hall–Kier alpha value is -2.54. The molecular weight excluding hydrogens is 334 g/mol. The van der Waals surface area contributed by atoms with E-state index in [0.717, 1.165) is 41.2 Å². The van der Waals surface area contributed by atoms with E-state index in [1.807, 2.05) is 29.8 Å². The van der Waals surface area contributed by atoms with Crippen molar-refractivity contribution >= 4 is 5.97 Å². The molecule has 1 aliphatic rings. The van der Waals surface area contributed by atoms with E-state index < -0.39 is 5.97 Å². The van der Waals surface area contributed by atoms with Gasteiger partial charge in [-0.3, -0.25) is 4.68 Å². The summed E-state index contributed by atoms with van der Waals surface area (Å²) in [6, 6.07) is 5.90. The quantitative estimate of drug-likeness (QED) is 0.789. The monoisotopic (exact) mass is 359 g/mol. The molecule has 0 aliphatic heterocycles. The van der Waals surface area contributed by atoms with E-state index in [4.69, 9.17) is 9.47 Å². The molecule has 0 bridgehead atoms. The number of carbonyl (C=O) groups is 1. The maximum atomic E-state index is 11.5. The number of nitrogens with zero attached hydrogens (tertiary/aromatic N) is 2. The normalized spacial score (nSPS) is 16.2.